The van der Waals surface area contributed by atoms with Gasteiger partial charge in [-0.15, -0.1) is 0 Å². The Labute approximate surface area is 107 Å². The van der Waals surface area contributed by atoms with Gasteiger partial charge in [0.15, 0.2) is 0 Å². The van der Waals surface area contributed by atoms with Crippen molar-refractivity contribution in [3.8, 4) is 0 Å². The summed E-state index contributed by atoms with van der Waals surface area (Å²) in [5.74, 6) is -0.121. The standard InChI is InChI=1S/C14H19FN2O/c15-12-6-4-5-11(9-12)13(16)10-17-8-3-1-2-7-14(17)18/h4-6,9,13H,1-3,7-8,10,16H2. The van der Waals surface area contributed by atoms with Crippen LogP contribution in [-0.2, 0) is 4.79 Å². The SMILES string of the molecule is NC(CN1CCCCCC1=O)c1cccc(F)c1. The number of nitrogens with two attached hydrogens (primary N) is 1. The molecule has 1 saturated heterocycles. The molecule has 0 saturated carbocycles. The van der Waals surface area contributed by atoms with E-state index in [0.717, 1.165) is 31.4 Å². The topological polar surface area (TPSA) is 46.3 Å². The predicted molar refractivity (Wildman–Crippen MR) is 68.4 cm³/mol. The Morgan fingerprint density at radius 2 is 2.17 bits per heavy atom. The van der Waals surface area contributed by atoms with Crippen LogP contribution in [0.2, 0.25) is 0 Å². The molecule has 2 N–H and O–H groups in total. The lowest BCUT2D eigenvalue weighted by atomic mass is 10.1. The zero-order valence-corrected chi connectivity index (χ0v) is 10.4. The average Bonchev–Trinajstić information content (AvgIpc) is 2.55. The van der Waals surface area contributed by atoms with E-state index in [1.807, 2.05) is 4.90 Å². The minimum absolute atomic E-state index is 0.166. The molecule has 0 aliphatic carbocycles. The molecular weight excluding hydrogens is 231 g/mol. The van der Waals surface area contributed by atoms with Crippen molar-refractivity contribution < 1.29 is 9.18 Å². The summed E-state index contributed by atoms with van der Waals surface area (Å²) in [4.78, 5) is 13.7. The van der Waals surface area contributed by atoms with Crippen molar-refractivity contribution in [3.63, 3.8) is 0 Å². The van der Waals surface area contributed by atoms with E-state index < -0.39 is 0 Å². The maximum Gasteiger partial charge on any atom is 0.222 e. The van der Waals surface area contributed by atoms with E-state index in [4.69, 9.17) is 5.73 Å². The van der Waals surface area contributed by atoms with Gasteiger partial charge in [-0.05, 0) is 30.5 Å². The van der Waals surface area contributed by atoms with Gasteiger partial charge in [-0.3, -0.25) is 4.79 Å². The van der Waals surface area contributed by atoms with Gasteiger partial charge < -0.3 is 10.6 Å². The zero-order chi connectivity index (χ0) is 13.0. The number of rotatable bonds is 3. The van der Waals surface area contributed by atoms with E-state index in [9.17, 15) is 9.18 Å². The van der Waals surface area contributed by atoms with Crippen molar-refractivity contribution in [2.45, 2.75) is 31.7 Å². The van der Waals surface area contributed by atoms with Crippen LogP contribution in [0, 0.1) is 5.82 Å². The van der Waals surface area contributed by atoms with Crippen LogP contribution in [0.1, 0.15) is 37.3 Å². The Balaban J connectivity index is 2.01. The molecule has 4 heteroatoms. The second kappa shape index (κ2) is 5.96. The first kappa shape index (κ1) is 13.0. The Hall–Kier alpha value is -1.42. The van der Waals surface area contributed by atoms with Crippen molar-refractivity contribution in [2.75, 3.05) is 13.1 Å². The molecule has 18 heavy (non-hydrogen) atoms. The number of benzene rings is 1. The second-order valence-electron chi connectivity index (χ2n) is 4.81. The lowest BCUT2D eigenvalue weighted by molar-refractivity contribution is -0.130. The van der Waals surface area contributed by atoms with E-state index in [1.165, 1.54) is 12.1 Å². The minimum atomic E-state index is -0.317. The van der Waals surface area contributed by atoms with E-state index in [0.29, 0.717) is 13.0 Å². The molecule has 1 atom stereocenters. The van der Waals surface area contributed by atoms with E-state index in [1.54, 1.807) is 12.1 Å². The third kappa shape index (κ3) is 3.29. The summed E-state index contributed by atoms with van der Waals surface area (Å²) in [5.41, 5.74) is 6.79. The Bertz CT molecular complexity index is 422. The molecule has 1 aliphatic heterocycles. The smallest absolute Gasteiger partial charge is 0.222 e. The number of halogens is 1. The average molecular weight is 250 g/mol. The highest BCUT2D eigenvalue weighted by Gasteiger charge is 2.19. The van der Waals surface area contributed by atoms with Gasteiger partial charge in [-0.2, -0.15) is 0 Å². The highest BCUT2D eigenvalue weighted by Crippen LogP contribution is 2.17. The van der Waals surface area contributed by atoms with Crippen molar-refractivity contribution in [3.05, 3.63) is 35.6 Å². The molecule has 3 nitrogen and oxygen atoms in total. The van der Waals surface area contributed by atoms with Gasteiger partial charge in [0.1, 0.15) is 5.82 Å². The summed E-state index contributed by atoms with van der Waals surface area (Å²) < 4.78 is 13.1. The number of hydrogen-bond donors (Lipinski definition) is 1. The number of hydrogen-bond acceptors (Lipinski definition) is 2. The normalized spacial score (nSPS) is 18.6. The van der Waals surface area contributed by atoms with Crippen molar-refractivity contribution in [1.82, 2.24) is 4.90 Å². The first-order valence-corrected chi connectivity index (χ1v) is 6.45. The lowest BCUT2D eigenvalue weighted by Gasteiger charge is -2.24. The Morgan fingerprint density at radius 1 is 1.33 bits per heavy atom. The minimum Gasteiger partial charge on any atom is -0.341 e. The molecule has 1 aromatic carbocycles. The molecule has 1 unspecified atom stereocenters. The summed E-state index contributed by atoms with van der Waals surface area (Å²) >= 11 is 0. The molecule has 1 aromatic rings. The summed E-state index contributed by atoms with van der Waals surface area (Å²) in [6, 6.07) is 5.97. The zero-order valence-electron chi connectivity index (χ0n) is 10.4. The lowest BCUT2D eigenvalue weighted by Crippen LogP contribution is -2.36. The largest absolute Gasteiger partial charge is 0.341 e. The summed E-state index contributed by atoms with van der Waals surface area (Å²) in [7, 11) is 0. The first-order valence-electron chi connectivity index (χ1n) is 6.45. The number of amides is 1. The fourth-order valence-corrected chi connectivity index (χ4v) is 2.31. The fraction of sp³-hybridized carbons (Fsp3) is 0.500. The highest BCUT2D eigenvalue weighted by atomic mass is 19.1. The molecular formula is C14H19FN2O. The molecule has 0 aromatic heterocycles. The van der Waals surface area contributed by atoms with Gasteiger partial charge in [0.2, 0.25) is 5.91 Å². The molecule has 1 aliphatic rings. The van der Waals surface area contributed by atoms with Gasteiger partial charge >= 0.3 is 0 Å². The van der Waals surface area contributed by atoms with Gasteiger partial charge in [-0.25, -0.2) is 4.39 Å². The molecule has 0 radical (unpaired) electrons. The van der Waals surface area contributed by atoms with Crippen LogP contribution in [0.5, 0.6) is 0 Å². The summed E-state index contributed by atoms with van der Waals surface area (Å²) in [6.07, 6.45) is 3.69. The van der Waals surface area contributed by atoms with Crippen LogP contribution in [-0.4, -0.2) is 23.9 Å². The predicted octanol–water partition coefficient (Wildman–Crippen LogP) is 2.23. The van der Waals surface area contributed by atoms with Crippen LogP contribution in [0.25, 0.3) is 0 Å². The highest BCUT2D eigenvalue weighted by molar-refractivity contribution is 5.76. The maximum atomic E-state index is 13.1. The van der Waals surface area contributed by atoms with Gasteiger partial charge in [0, 0.05) is 25.6 Å². The molecule has 0 spiro atoms. The molecule has 1 heterocycles. The van der Waals surface area contributed by atoms with Crippen molar-refractivity contribution in [1.29, 1.82) is 0 Å². The van der Waals surface area contributed by atoms with Crippen LogP contribution in [0.3, 0.4) is 0 Å². The first-order chi connectivity index (χ1) is 8.66. The molecule has 1 fully saturated rings. The van der Waals surface area contributed by atoms with E-state index in [-0.39, 0.29) is 17.8 Å². The van der Waals surface area contributed by atoms with E-state index in [2.05, 4.69) is 0 Å². The van der Waals surface area contributed by atoms with Crippen LogP contribution >= 0.6 is 0 Å². The number of carbonyl (C=O) groups is 1. The van der Waals surface area contributed by atoms with E-state index >= 15 is 0 Å². The maximum absolute atomic E-state index is 13.1. The summed E-state index contributed by atoms with van der Waals surface area (Å²) in [5, 5.41) is 0. The second-order valence-corrected chi connectivity index (χ2v) is 4.81. The van der Waals surface area contributed by atoms with Gasteiger partial charge in [-0.1, -0.05) is 18.6 Å². The third-order valence-electron chi connectivity index (χ3n) is 3.37. The molecule has 2 rings (SSSR count). The third-order valence-corrected chi connectivity index (χ3v) is 3.37. The van der Waals surface area contributed by atoms with Crippen LogP contribution in [0.15, 0.2) is 24.3 Å². The molecule has 98 valence electrons. The van der Waals surface area contributed by atoms with Crippen LogP contribution < -0.4 is 5.73 Å². The summed E-state index contributed by atoms with van der Waals surface area (Å²) in [6.45, 7) is 1.24. The van der Waals surface area contributed by atoms with Crippen molar-refractivity contribution in [2.24, 2.45) is 5.73 Å². The quantitative estimate of drug-likeness (QED) is 0.894. The Morgan fingerprint density at radius 3 is 2.94 bits per heavy atom. The van der Waals surface area contributed by atoms with Gasteiger partial charge in [0.05, 0.1) is 0 Å². The number of nitrogens with zero attached hydrogens (tertiary/aromatic N) is 1. The molecule has 1 amide bonds. The van der Waals surface area contributed by atoms with Crippen molar-refractivity contribution >= 4 is 5.91 Å². The van der Waals surface area contributed by atoms with Crippen LogP contribution in [0.4, 0.5) is 4.39 Å². The molecule has 0 bridgehead atoms. The van der Waals surface area contributed by atoms with Gasteiger partial charge in [0.25, 0.3) is 0 Å². The fourth-order valence-electron chi connectivity index (χ4n) is 2.31. The Kier molecular flexibility index (Phi) is 4.31. The number of likely N-dealkylation sites (tertiary alicyclic amines) is 1. The number of carbonyl (C=O) groups excluding carboxylic acids is 1. The monoisotopic (exact) mass is 250 g/mol.